The Morgan fingerprint density at radius 2 is 0.822 bits per heavy atom. The Morgan fingerprint density at radius 1 is 0.511 bits per heavy atom. The zero-order valence-corrected chi connectivity index (χ0v) is 30.2. The predicted octanol–water partition coefficient (Wildman–Crippen LogP) is 10.4. The molecule has 8 nitrogen and oxygen atoms in total. The third-order valence-electron chi connectivity index (χ3n) is 8.02. The highest BCUT2D eigenvalue weighted by Gasteiger charge is 2.15. The molecule has 0 aromatic carbocycles. The summed E-state index contributed by atoms with van der Waals surface area (Å²) >= 11 is 2.65. The largest absolute Gasteiger partial charge is 0.481 e. The van der Waals surface area contributed by atoms with Crippen molar-refractivity contribution in [1.29, 1.82) is 0 Å². The molecule has 2 N–H and O–H groups in total. The lowest BCUT2D eigenvalue weighted by Crippen LogP contribution is -2.28. The number of carboxylic acids is 2. The molecule has 0 aliphatic carbocycles. The molecule has 0 bridgehead atoms. The van der Waals surface area contributed by atoms with E-state index >= 15 is 0 Å². The topological polar surface area (TPSA) is 117 Å². The van der Waals surface area contributed by atoms with Crippen molar-refractivity contribution in [2.24, 2.45) is 0 Å². The van der Waals surface area contributed by atoms with Crippen LogP contribution in [0.3, 0.4) is 0 Å². The van der Waals surface area contributed by atoms with Crippen molar-refractivity contribution in [3.05, 3.63) is 0 Å². The lowest BCUT2D eigenvalue weighted by atomic mass is 10.1. The van der Waals surface area contributed by atoms with E-state index in [1.165, 1.54) is 152 Å². The van der Waals surface area contributed by atoms with Gasteiger partial charge in [0.25, 0.3) is 0 Å². The second-order valence-corrected chi connectivity index (χ2v) is 14.4. The SMILES string of the molecule is CCCCCCCCCCCCCN(CCCCCCCCCCCCC)c1nc(SCCC(=O)O)nc(SCCC(=O)O)n1. The molecular weight excluding hydrogens is 605 g/mol. The van der Waals surface area contributed by atoms with Gasteiger partial charge in [0, 0.05) is 24.6 Å². The van der Waals surface area contributed by atoms with Crippen LogP contribution in [0, 0.1) is 0 Å². The van der Waals surface area contributed by atoms with Gasteiger partial charge in [0.05, 0.1) is 12.8 Å². The van der Waals surface area contributed by atoms with E-state index in [4.69, 9.17) is 20.2 Å². The lowest BCUT2D eigenvalue weighted by Gasteiger charge is -2.23. The summed E-state index contributed by atoms with van der Waals surface area (Å²) in [5.74, 6) is -0.283. The molecule has 0 unspecified atom stereocenters. The molecule has 0 aliphatic rings. The van der Waals surface area contributed by atoms with Gasteiger partial charge in [-0.1, -0.05) is 166 Å². The monoisotopic (exact) mass is 668 g/mol. The van der Waals surface area contributed by atoms with Gasteiger partial charge in [-0.2, -0.15) is 15.0 Å². The number of hydrogen-bond donors (Lipinski definition) is 2. The average molecular weight is 669 g/mol. The van der Waals surface area contributed by atoms with Gasteiger partial charge in [0.15, 0.2) is 10.3 Å². The molecule has 0 spiro atoms. The number of nitrogens with zero attached hydrogens (tertiary/aromatic N) is 4. The molecule has 0 aliphatic heterocycles. The number of hydrogen-bond acceptors (Lipinski definition) is 8. The Hall–Kier alpha value is -1.55. The number of aromatic nitrogens is 3. The van der Waals surface area contributed by atoms with Crippen LogP contribution < -0.4 is 4.90 Å². The number of carboxylic acid groups (broad SMARTS) is 2. The van der Waals surface area contributed by atoms with E-state index < -0.39 is 11.9 Å². The molecule has 45 heavy (non-hydrogen) atoms. The molecule has 260 valence electrons. The number of carbonyl (C=O) groups is 2. The van der Waals surface area contributed by atoms with E-state index in [0.29, 0.717) is 27.8 Å². The van der Waals surface area contributed by atoms with Gasteiger partial charge < -0.3 is 15.1 Å². The van der Waals surface area contributed by atoms with Crippen LogP contribution in [0.15, 0.2) is 10.3 Å². The number of thioether (sulfide) groups is 2. The highest BCUT2D eigenvalue weighted by atomic mass is 32.2. The fraction of sp³-hybridized carbons (Fsp3) is 0.857. The molecular formula is C35H64N4O4S2. The second kappa shape index (κ2) is 29.8. The molecule has 1 aromatic heterocycles. The smallest absolute Gasteiger partial charge is 0.304 e. The fourth-order valence-electron chi connectivity index (χ4n) is 5.30. The van der Waals surface area contributed by atoms with Crippen LogP contribution >= 0.6 is 23.5 Å². The standard InChI is InChI=1S/C35H64N4O4S2/c1-3-5-7-9-11-13-15-17-19-21-23-27-39(28-24-22-20-18-16-14-12-10-8-6-4-2)33-36-34(44-29-25-31(40)41)38-35(37-33)45-30-26-32(42)43/h3-30H2,1-2H3,(H,40,41)(H,42,43). The maximum absolute atomic E-state index is 11.1. The minimum Gasteiger partial charge on any atom is -0.481 e. The van der Waals surface area contributed by atoms with Crippen molar-refractivity contribution in [2.75, 3.05) is 29.5 Å². The van der Waals surface area contributed by atoms with Gasteiger partial charge in [-0.15, -0.1) is 0 Å². The molecule has 0 radical (unpaired) electrons. The zero-order valence-electron chi connectivity index (χ0n) is 28.6. The molecule has 1 rings (SSSR count). The van der Waals surface area contributed by atoms with Gasteiger partial charge in [-0.3, -0.25) is 9.59 Å². The van der Waals surface area contributed by atoms with E-state index in [2.05, 4.69) is 23.7 Å². The van der Waals surface area contributed by atoms with Gasteiger partial charge >= 0.3 is 11.9 Å². The van der Waals surface area contributed by atoms with Gasteiger partial charge in [0.1, 0.15) is 0 Å². The Balaban J connectivity index is 2.69. The first-order valence-corrected chi connectivity index (χ1v) is 20.1. The molecule has 1 aromatic rings. The number of rotatable bonds is 33. The Kier molecular flexibility index (Phi) is 27.5. The lowest BCUT2D eigenvalue weighted by molar-refractivity contribution is -0.137. The van der Waals surface area contributed by atoms with E-state index in [0.717, 1.165) is 25.9 Å². The number of anilines is 1. The van der Waals surface area contributed by atoms with Crippen molar-refractivity contribution < 1.29 is 19.8 Å². The first-order valence-electron chi connectivity index (χ1n) is 18.2. The Bertz CT molecular complexity index is 814. The minimum absolute atomic E-state index is 0.0361. The third-order valence-corrected chi connectivity index (χ3v) is 9.72. The van der Waals surface area contributed by atoms with E-state index in [-0.39, 0.29) is 12.8 Å². The molecule has 1 heterocycles. The van der Waals surface area contributed by atoms with Crippen molar-refractivity contribution >= 4 is 41.4 Å². The summed E-state index contributed by atoms with van der Waals surface area (Å²) in [5, 5.41) is 19.2. The van der Waals surface area contributed by atoms with Crippen molar-refractivity contribution in [1.82, 2.24) is 15.0 Å². The first-order chi connectivity index (χ1) is 22.0. The minimum atomic E-state index is -0.845. The van der Waals surface area contributed by atoms with E-state index in [1.807, 2.05) is 0 Å². The summed E-state index contributed by atoms with van der Waals surface area (Å²) in [4.78, 5) is 38.5. The van der Waals surface area contributed by atoms with Crippen LogP contribution in [-0.4, -0.2) is 61.7 Å². The Morgan fingerprint density at radius 3 is 1.13 bits per heavy atom. The van der Waals surface area contributed by atoms with Crippen LogP contribution in [0.25, 0.3) is 0 Å². The fourth-order valence-corrected chi connectivity index (χ4v) is 6.87. The van der Waals surface area contributed by atoms with Gasteiger partial charge in [-0.05, 0) is 12.8 Å². The summed E-state index contributed by atoms with van der Waals surface area (Å²) < 4.78 is 0. The summed E-state index contributed by atoms with van der Waals surface area (Å²) in [6.07, 6.45) is 28.7. The summed E-state index contributed by atoms with van der Waals surface area (Å²) in [6, 6.07) is 0. The maximum Gasteiger partial charge on any atom is 0.304 e. The van der Waals surface area contributed by atoms with Crippen molar-refractivity contribution in [3.8, 4) is 0 Å². The highest BCUT2D eigenvalue weighted by Crippen LogP contribution is 2.24. The van der Waals surface area contributed by atoms with Crippen LogP contribution in [-0.2, 0) is 9.59 Å². The normalized spacial score (nSPS) is 11.2. The molecule has 0 saturated heterocycles. The Labute approximate surface area is 283 Å². The molecule has 0 saturated carbocycles. The summed E-state index contributed by atoms with van der Waals surface area (Å²) in [6.45, 7) is 6.30. The average Bonchev–Trinajstić information content (AvgIpc) is 3.01. The second-order valence-electron chi connectivity index (χ2n) is 12.2. The highest BCUT2D eigenvalue weighted by molar-refractivity contribution is 7.99. The third kappa shape index (κ3) is 25.2. The summed E-state index contributed by atoms with van der Waals surface area (Å²) in [7, 11) is 0. The molecule has 0 fully saturated rings. The van der Waals surface area contributed by atoms with E-state index in [9.17, 15) is 9.59 Å². The quantitative estimate of drug-likeness (QED) is 0.0553. The zero-order chi connectivity index (χ0) is 32.8. The van der Waals surface area contributed by atoms with Gasteiger partial charge in [0.2, 0.25) is 5.95 Å². The van der Waals surface area contributed by atoms with Crippen LogP contribution in [0.4, 0.5) is 5.95 Å². The van der Waals surface area contributed by atoms with Crippen LogP contribution in [0.5, 0.6) is 0 Å². The van der Waals surface area contributed by atoms with Crippen molar-refractivity contribution in [3.63, 3.8) is 0 Å². The first kappa shape index (κ1) is 41.5. The molecule has 0 amide bonds. The maximum atomic E-state index is 11.1. The van der Waals surface area contributed by atoms with Crippen LogP contribution in [0.1, 0.15) is 168 Å². The predicted molar refractivity (Wildman–Crippen MR) is 191 cm³/mol. The number of unbranched alkanes of at least 4 members (excludes halogenated alkanes) is 20. The van der Waals surface area contributed by atoms with E-state index in [1.54, 1.807) is 0 Å². The van der Waals surface area contributed by atoms with Crippen LogP contribution in [0.2, 0.25) is 0 Å². The number of aliphatic carboxylic acids is 2. The summed E-state index contributed by atoms with van der Waals surface area (Å²) in [5.41, 5.74) is 0. The molecule has 10 heteroatoms. The van der Waals surface area contributed by atoms with Gasteiger partial charge in [-0.25, -0.2) is 0 Å². The van der Waals surface area contributed by atoms with Crippen molar-refractivity contribution in [2.45, 2.75) is 178 Å². The molecule has 0 atom stereocenters.